The molecule has 3 nitrogen and oxygen atoms in total. The number of rotatable bonds is 3. The molecule has 0 aliphatic rings. The average molecular weight is 223 g/mol. The smallest absolute Gasteiger partial charge is 0.179 e. The van der Waals surface area contributed by atoms with Crippen molar-refractivity contribution in [2.45, 2.75) is 13.3 Å². The number of furan rings is 1. The number of methoxy groups -OCH3 is 1. The van der Waals surface area contributed by atoms with Gasteiger partial charge in [0.1, 0.15) is 11.6 Å². The van der Waals surface area contributed by atoms with Crippen molar-refractivity contribution < 1.29 is 13.5 Å². The molecule has 16 heavy (non-hydrogen) atoms. The molecule has 1 heterocycles. The third-order valence-electron chi connectivity index (χ3n) is 2.67. The largest absolute Gasteiger partial charge is 0.493 e. The van der Waals surface area contributed by atoms with E-state index in [1.54, 1.807) is 6.07 Å². The standard InChI is InChI=1S/C12H14FNO2/c1-7-8(5-6-14)11-9(13)3-4-10(15-2)12(11)16-7/h3-4H,5-6,14H2,1-2H3. The number of aryl methyl sites for hydroxylation is 1. The quantitative estimate of drug-likeness (QED) is 0.869. The number of fused-ring (bicyclic) bond motifs is 1. The van der Waals surface area contributed by atoms with Gasteiger partial charge in [-0.3, -0.25) is 0 Å². The fourth-order valence-electron chi connectivity index (χ4n) is 1.92. The van der Waals surface area contributed by atoms with Crippen molar-refractivity contribution in [1.82, 2.24) is 0 Å². The Bertz CT molecular complexity index is 519. The van der Waals surface area contributed by atoms with Crippen LogP contribution in [-0.4, -0.2) is 13.7 Å². The van der Waals surface area contributed by atoms with E-state index in [1.807, 2.05) is 6.92 Å². The van der Waals surface area contributed by atoms with Crippen LogP contribution in [0.25, 0.3) is 11.0 Å². The Morgan fingerprint density at radius 1 is 1.44 bits per heavy atom. The maximum Gasteiger partial charge on any atom is 0.179 e. The van der Waals surface area contributed by atoms with Gasteiger partial charge in [0.25, 0.3) is 0 Å². The second-order valence-corrected chi connectivity index (χ2v) is 3.63. The minimum absolute atomic E-state index is 0.295. The summed E-state index contributed by atoms with van der Waals surface area (Å²) in [7, 11) is 1.53. The summed E-state index contributed by atoms with van der Waals surface area (Å²) in [4.78, 5) is 0. The van der Waals surface area contributed by atoms with E-state index in [2.05, 4.69) is 0 Å². The van der Waals surface area contributed by atoms with Crippen LogP contribution >= 0.6 is 0 Å². The van der Waals surface area contributed by atoms with Crippen LogP contribution in [0, 0.1) is 12.7 Å². The van der Waals surface area contributed by atoms with E-state index >= 15 is 0 Å². The number of benzene rings is 1. The fourth-order valence-corrected chi connectivity index (χ4v) is 1.92. The average Bonchev–Trinajstić information content (AvgIpc) is 2.58. The first-order valence-electron chi connectivity index (χ1n) is 5.13. The predicted molar refractivity (Wildman–Crippen MR) is 60.2 cm³/mol. The zero-order valence-electron chi connectivity index (χ0n) is 9.34. The highest BCUT2D eigenvalue weighted by molar-refractivity contribution is 5.87. The van der Waals surface area contributed by atoms with Gasteiger partial charge in [-0.1, -0.05) is 0 Å². The molecule has 0 spiro atoms. The predicted octanol–water partition coefficient (Wildman–Crippen LogP) is 2.39. The van der Waals surface area contributed by atoms with Crippen molar-refractivity contribution in [1.29, 1.82) is 0 Å². The van der Waals surface area contributed by atoms with Crippen LogP contribution in [0.4, 0.5) is 4.39 Å². The number of ether oxygens (including phenoxy) is 1. The monoisotopic (exact) mass is 223 g/mol. The van der Waals surface area contributed by atoms with Gasteiger partial charge in [0.2, 0.25) is 0 Å². The van der Waals surface area contributed by atoms with Gasteiger partial charge < -0.3 is 14.9 Å². The lowest BCUT2D eigenvalue weighted by molar-refractivity contribution is 0.408. The topological polar surface area (TPSA) is 48.4 Å². The van der Waals surface area contributed by atoms with Crippen molar-refractivity contribution in [2.75, 3.05) is 13.7 Å². The molecule has 2 N–H and O–H groups in total. The Balaban J connectivity index is 2.76. The summed E-state index contributed by atoms with van der Waals surface area (Å²) in [6.07, 6.45) is 0.600. The second-order valence-electron chi connectivity index (χ2n) is 3.63. The van der Waals surface area contributed by atoms with Gasteiger partial charge in [-0.05, 0) is 32.0 Å². The Morgan fingerprint density at radius 3 is 2.81 bits per heavy atom. The minimum Gasteiger partial charge on any atom is -0.493 e. The minimum atomic E-state index is -0.295. The lowest BCUT2D eigenvalue weighted by Gasteiger charge is -2.01. The van der Waals surface area contributed by atoms with Crippen molar-refractivity contribution in [2.24, 2.45) is 5.73 Å². The summed E-state index contributed by atoms with van der Waals surface area (Å²) in [6, 6.07) is 2.95. The van der Waals surface area contributed by atoms with E-state index in [0.29, 0.717) is 35.4 Å². The number of nitrogens with two attached hydrogens (primary N) is 1. The maximum absolute atomic E-state index is 13.7. The Morgan fingerprint density at radius 2 is 2.19 bits per heavy atom. The highest BCUT2D eigenvalue weighted by Crippen LogP contribution is 2.34. The molecule has 2 aromatic rings. The first kappa shape index (κ1) is 11.0. The summed E-state index contributed by atoms with van der Waals surface area (Å²) >= 11 is 0. The molecule has 0 unspecified atom stereocenters. The van der Waals surface area contributed by atoms with Gasteiger partial charge in [0, 0.05) is 5.56 Å². The van der Waals surface area contributed by atoms with Crippen LogP contribution in [0.5, 0.6) is 5.75 Å². The third kappa shape index (κ3) is 1.55. The Kier molecular flexibility index (Phi) is 2.83. The molecule has 0 atom stereocenters. The van der Waals surface area contributed by atoms with Gasteiger partial charge >= 0.3 is 0 Å². The lowest BCUT2D eigenvalue weighted by Crippen LogP contribution is -2.03. The number of hydrogen-bond donors (Lipinski definition) is 1. The normalized spacial score (nSPS) is 11.0. The molecule has 0 saturated carbocycles. The molecule has 0 amide bonds. The van der Waals surface area contributed by atoms with Crippen LogP contribution in [0.15, 0.2) is 16.5 Å². The van der Waals surface area contributed by atoms with E-state index in [-0.39, 0.29) is 5.82 Å². The molecule has 0 aliphatic carbocycles. The summed E-state index contributed by atoms with van der Waals surface area (Å²) in [6.45, 7) is 2.27. The first-order valence-corrected chi connectivity index (χ1v) is 5.13. The van der Waals surface area contributed by atoms with E-state index in [4.69, 9.17) is 14.9 Å². The fraction of sp³-hybridized carbons (Fsp3) is 0.333. The van der Waals surface area contributed by atoms with Crippen molar-refractivity contribution in [3.8, 4) is 5.75 Å². The molecular weight excluding hydrogens is 209 g/mol. The van der Waals surface area contributed by atoms with Crippen LogP contribution in [0.2, 0.25) is 0 Å². The molecule has 1 aromatic heterocycles. The molecule has 86 valence electrons. The molecule has 0 aliphatic heterocycles. The van der Waals surface area contributed by atoms with E-state index in [1.165, 1.54) is 13.2 Å². The molecule has 4 heteroatoms. The molecule has 0 fully saturated rings. The van der Waals surface area contributed by atoms with E-state index in [9.17, 15) is 4.39 Å². The van der Waals surface area contributed by atoms with Gasteiger partial charge in [-0.2, -0.15) is 0 Å². The molecule has 0 bridgehead atoms. The van der Waals surface area contributed by atoms with Crippen molar-refractivity contribution in [3.05, 3.63) is 29.3 Å². The molecular formula is C12H14FNO2. The van der Waals surface area contributed by atoms with Crippen LogP contribution < -0.4 is 10.5 Å². The molecule has 1 aromatic carbocycles. The number of hydrogen-bond acceptors (Lipinski definition) is 3. The summed E-state index contributed by atoms with van der Waals surface area (Å²) < 4.78 is 24.4. The van der Waals surface area contributed by atoms with Gasteiger partial charge in [-0.15, -0.1) is 0 Å². The summed E-state index contributed by atoms with van der Waals surface area (Å²) in [5.41, 5.74) is 6.79. The SMILES string of the molecule is COc1ccc(F)c2c(CCN)c(C)oc12. The maximum atomic E-state index is 13.7. The number of halogens is 1. The van der Waals surface area contributed by atoms with Crippen molar-refractivity contribution >= 4 is 11.0 Å². The lowest BCUT2D eigenvalue weighted by atomic mass is 10.1. The Hall–Kier alpha value is -1.55. The van der Waals surface area contributed by atoms with Gasteiger partial charge in [-0.25, -0.2) is 4.39 Å². The molecule has 0 radical (unpaired) electrons. The summed E-state index contributed by atoms with van der Waals surface area (Å²) in [5.74, 6) is 0.947. The molecule has 2 rings (SSSR count). The van der Waals surface area contributed by atoms with E-state index in [0.717, 1.165) is 5.56 Å². The van der Waals surface area contributed by atoms with Crippen LogP contribution in [0.1, 0.15) is 11.3 Å². The van der Waals surface area contributed by atoms with Gasteiger partial charge in [0.15, 0.2) is 11.3 Å². The highest BCUT2D eigenvalue weighted by Gasteiger charge is 2.17. The summed E-state index contributed by atoms with van der Waals surface area (Å²) in [5, 5.41) is 0.488. The zero-order valence-corrected chi connectivity index (χ0v) is 9.34. The molecule has 0 saturated heterocycles. The second kappa shape index (κ2) is 4.14. The zero-order chi connectivity index (χ0) is 11.7. The van der Waals surface area contributed by atoms with Crippen molar-refractivity contribution in [3.63, 3.8) is 0 Å². The van der Waals surface area contributed by atoms with Gasteiger partial charge in [0.05, 0.1) is 12.5 Å². The highest BCUT2D eigenvalue weighted by atomic mass is 19.1. The first-order chi connectivity index (χ1) is 7.69. The van der Waals surface area contributed by atoms with Crippen LogP contribution in [-0.2, 0) is 6.42 Å². The van der Waals surface area contributed by atoms with Crippen LogP contribution in [0.3, 0.4) is 0 Å². The van der Waals surface area contributed by atoms with E-state index < -0.39 is 0 Å². The Labute approximate surface area is 93.0 Å². The third-order valence-corrected chi connectivity index (χ3v) is 2.67.